The minimum absolute atomic E-state index is 0.124. The molecular weight excluding hydrogens is 292 g/mol. The average Bonchev–Trinajstić information content (AvgIpc) is 2.93. The van der Waals surface area contributed by atoms with E-state index >= 15 is 0 Å². The van der Waals surface area contributed by atoms with Crippen LogP contribution in [0.15, 0.2) is 30.5 Å². The molecule has 1 aliphatic carbocycles. The number of benzene rings is 1. The number of aromatic nitrogens is 1. The fourth-order valence-corrected chi connectivity index (χ4v) is 4.66. The first-order chi connectivity index (χ1) is 10.8. The maximum Gasteiger partial charge on any atom is 0.0959 e. The highest BCUT2D eigenvalue weighted by Gasteiger charge is 2.28. The summed E-state index contributed by atoms with van der Waals surface area (Å²) >= 11 is 1.87. The topological polar surface area (TPSA) is 36.4 Å². The molecule has 0 amide bonds. The van der Waals surface area contributed by atoms with Crippen LogP contribution in [0.5, 0.6) is 0 Å². The first-order valence-electron chi connectivity index (χ1n) is 8.22. The van der Waals surface area contributed by atoms with E-state index in [4.69, 9.17) is 0 Å². The summed E-state index contributed by atoms with van der Waals surface area (Å²) in [6.07, 6.45) is 7.09. The van der Waals surface area contributed by atoms with E-state index in [0.717, 1.165) is 25.4 Å². The van der Waals surface area contributed by atoms with Gasteiger partial charge in [0.25, 0.3) is 0 Å². The van der Waals surface area contributed by atoms with Crippen molar-refractivity contribution in [1.82, 2.24) is 9.88 Å². The number of thiazole rings is 1. The second kappa shape index (κ2) is 6.11. The summed E-state index contributed by atoms with van der Waals surface area (Å²) in [5, 5.41) is 11.2. The van der Waals surface area contributed by atoms with Crippen LogP contribution in [0.2, 0.25) is 0 Å². The van der Waals surface area contributed by atoms with Gasteiger partial charge in [0, 0.05) is 30.1 Å². The molecule has 22 heavy (non-hydrogen) atoms. The molecule has 1 aliphatic heterocycles. The van der Waals surface area contributed by atoms with Crippen LogP contribution in [0.3, 0.4) is 0 Å². The maximum atomic E-state index is 9.87. The van der Waals surface area contributed by atoms with E-state index in [-0.39, 0.29) is 12.6 Å². The van der Waals surface area contributed by atoms with Gasteiger partial charge in [0.1, 0.15) is 0 Å². The third-order valence-corrected chi connectivity index (χ3v) is 6.23. The van der Waals surface area contributed by atoms with E-state index in [1.807, 2.05) is 17.5 Å². The molecule has 3 nitrogen and oxygen atoms in total. The quantitative estimate of drug-likeness (QED) is 0.938. The molecule has 1 fully saturated rings. The van der Waals surface area contributed by atoms with E-state index in [1.54, 1.807) is 0 Å². The van der Waals surface area contributed by atoms with Crippen molar-refractivity contribution in [3.63, 3.8) is 0 Å². The lowest BCUT2D eigenvalue weighted by Gasteiger charge is -2.36. The van der Waals surface area contributed by atoms with E-state index in [2.05, 4.69) is 34.1 Å². The number of hydrogen-bond acceptors (Lipinski definition) is 4. The fourth-order valence-electron chi connectivity index (χ4n) is 3.55. The van der Waals surface area contributed by atoms with E-state index in [0.29, 0.717) is 0 Å². The molecule has 0 radical (unpaired) electrons. The Labute approximate surface area is 135 Å². The Hall–Kier alpha value is -1.23. The molecule has 1 unspecified atom stereocenters. The van der Waals surface area contributed by atoms with E-state index in [1.165, 1.54) is 40.3 Å². The highest BCUT2D eigenvalue weighted by molar-refractivity contribution is 7.11. The SMILES string of the molecule is OCC1c2ccccc2CCN1Cc1cnc(C2CCC2)s1. The van der Waals surface area contributed by atoms with Gasteiger partial charge in [-0.05, 0) is 30.4 Å². The van der Waals surface area contributed by atoms with Gasteiger partial charge in [-0.1, -0.05) is 30.7 Å². The fraction of sp³-hybridized carbons (Fsp3) is 0.500. The van der Waals surface area contributed by atoms with E-state index < -0.39 is 0 Å². The molecule has 0 spiro atoms. The van der Waals surface area contributed by atoms with Crippen LogP contribution in [-0.2, 0) is 13.0 Å². The van der Waals surface area contributed by atoms with Crippen LogP contribution in [0.25, 0.3) is 0 Å². The number of aliphatic hydroxyl groups is 1. The molecule has 2 heterocycles. The number of hydrogen-bond donors (Lipinski definition) is 1. The van der Waals surface area contributed by atoms with Crippen LogP contribution in [0, 0.1) is 0 Å². The molecule has 1 atom stereocenters. The van der Waals surface area contributed by atoms with Gasteiger partial charge in [-0.15, -0.1) is 11.3 Å². The monoisotopic (exact) mass is 314 g/mol. The van der Waals surface area contributed by atoms with Gasteiger partial charge in [-0.3, -0.25) is 4.90 Å². The van der Waals surface area contributed by atoms with Gasteiger partial charge in [0.05, 0.1) is 17.7 Å². The van der Waals surface area contributed by atoms with Crippen molar-refractivity contribution >= 4 is 11.3 Å². The predicted octanol–water partition coefficient (Wildman–Crippen LogP) is 3.50. The van der Waals surface area contributed by atoms with Gasteiger partial charge >= 0.3 is 0 Å². The number of nitrogens with zero attached hydrogens (tertiary/aromatic N) is 2. The van der Waals surface area contributed by atoms with Crippen molar-refractivity contribution in [3.8, 4) is 0 Å². The molecule has 1 aromatic carbocycles. The Morgan fingerprint density at radius 3 is 2.91 bits per heavy atom. The normalized spacial score (nSPS) is 22.3. The molecule has 116 valence electrons. The molecule has 1 N–H and O–H groups in total. The minimum Gasteiger partial charge on any atom is -0.394 e. The zero-order chi connectivity index (χ0) is 14.9. The van der Waals surface area contributed by atoms with Crippen molar-refractivity contribution in [2.75, 3.05) is 13.2 Å². The summed E-state index contributed by atoms with van der Waals surface area (Å²) in [5.41, 5.74) is 2.68. The molecule has 2 aromatic rings. The van der Waals surface area contributed by atoms with Crippen LogP contribution in [0.4, 0.5) is 0 Å². The lowest BCUT2D eigenvalue weighted by atomic mass is 9.86. The number of aliphatic hydroxyl groups excluding tert-OH is 1. The average molecular weight is 314 g/mol. The Balaban J connectivity index is 1.51. The Bertz CT molecular complexity index is 650. The van der Waals surface area contributed by atoms with Crippen molar-refractivity contribution in [2.45, 2.75) is 44.2 Å². The second-order valence-corrected chi connectivity index (χ2v) is 7.56. The van der Waals surface area contributed by atoms with Gasteiger partial charge in [-0.2, -0.15) is 0 Å². The van der Waals surface area contributed by atoms with Crippen molar-refractivity contribution in [3.05, 3.63) is 51.5 Å². The minimum atomic E-state index is 0.124. The number of rotatable bonds is 4. The van der Waals surface area contributed by atoms with Crippen molar-refractivity contribution < 1.29 is 5.11 Å². The van der Waals surface area contributed by atoms with E-state index in [9.17, 15) is 5.11 Å². The smallest absolute Gasteiger partial charge is 0.0959 e. The molecular formula is C18H22N2OS. The summed E-state index contributed by atoms with van der Waals surface area (Å²) in [4.78, 5) is 8.36. The van der Waals surface area contributed by atoms with Crippen LogP contribution in [-0.4, -0.2) is 28.1 Å². The predicted molar refractivity (Wildman–Crippen MR) is 89.1 cm³/mol. The molecule has 0 saturated heterocycles. The third kappa shape index (κ3) is 2.60. The maximum absolute atomic E-state index is 9.87. The molecule has 0 bridgehead atoms. The van der Waals surface area contributed by atoms with Crippen LogP contribution in [0.1, 0.15) is 52.2 Å². The molecule has 2 aliphatic rings. The molecule has 4 rings (SSSR count). The summed E-state index contributed by atoms with van der Waals surface area (Å²) in [5.74, 6) is 0.717. The van der Waals surface area contributed by atoms with Gasteiger partial charge in [-0.25, -0.2) is 4.98 Å². The van der Waals surface area contributed by atoms with Crippen LogP contribution < -0.4 is 0 Å². The second-order valence-electron chi connectivity index (χ2n) is 6.41. The molecule has 1 saturated carbocycles. The summed E-state index contributed by atoms with van der Waals surface area (Å²) < 4.78 is 0. The largest absolute Gasteiger partial charge is 0.394 e. The third-order valence-electron chi connectivity index (χ3n) is 5.08. The van der Waals surface area contributed by atoms with Crippen molar-refractivity contribution in [2.24, 2.45) is 0 Å². The molecule has 1 aromatic heterocycles. The lowest BCUT2D eigenvalue weighted by Crippen LogP contribution is -2.36. The summed E-state index contributed by atoms with van der Waals surface area (Å²) in [6.45, 7) is 2.11. The number of fused-ring (bicyclic) bond motifs is 1. The van der Waals surface area contributed by atoms with Crippen LogP contribution >= 0.6 is 11.3 Å². The van der Waals surface area contributed by atoms with Crippen molar-refractivity contribution in [1.29, 1.82) is 0 Å². The Morgan fingerprint density at radius 2 is 2.14 bits per heavy atom. The zero-order valence-corrected chi connectivity index (χ0v) is 13.6. The lowest BCUT2D eigenvalue weighted by molar-refractivity contribution is 0.109. The Kier molecular flexibility index (Phi) is 3.99. The summed E-state index contributed by atoms with van der Waals surface area (Å²) in [7, 11) is 0. The van der Waals surface area contributed by atoms with Gasteiger partial charge in [0.15, 0.2) is 0 Å². The summed E-state index contributed by atoms with van der Waals surface area (Å²) in [6, 6.07) is 8.65. The van der Waals surface area contributed by atoms with Gasteiger partial charge < -0.3 is 5.11 Å². The standard InChI is InChI=1S/C18H22N2OS/c21-12-17-16-7-2-1-4-13(16)8-9-20(17)11-15-10-19-18(22-15)14-5-3-6-14/h1-2,4,7,10,14,17,21H,3,5-6,8-9,11-12H2. The zero-order valence-electron chi connectivity index (χ0n) is 12.7. The Morgan fingerprint density at radius 1 is 1.27 bits per heavy atom. The first-order valence-corrected chi connectivity index (χ1v) is 9.04. The highest BCUT2D eigenvalue weighted by atomic mass is 32.1. The van der Waals surface area contributed by atoms with Gasteiger partial charge in [0.2, 0.25) is 0 Å². The molecule has 4 heteroatoms. The highest BCUT2D eigenvalue weighted by Crippen LogP contribution is 2.39. The first kappa shape index (κ1) is 14.4.